The summed E-state index contributed by atoms with van der Waals surface area (Å²) in [4.78, 5) is 4.03. The molecule has 5 heteroatoms. The molecule has 3 N–H and O–H groups in total. The first-order valence-corrected chi connectivity index (χ1v) is 6.27. The Kier molecular flexibility index (Phi) is 3.76. The van der Waals surface area contributed by atoms with E-state index in [2.05, 4.69) is 26.2 Å². The fourth-order valence-corrected chi connectivity index (χ4v) is 2.28. The van der Waals surface area contributed by atoms with Crippen molar-refractivity contribution in [3.63, 3.8) is 0 Å². The molecule has 0 spiro atoms. The number of aromatic nitrogens is 1. The van der Waals surface area contributed by atoms with Crippen molar-refractivity contribution >= 4 is 21.7 Å². The van der Waals surface area contributed by atoms with Crippen LogP contribution in [0.25, 0.3) is 0 Å². The van der Waals surface area contributed by atoms with Gasteiger partial charge in [0.25, 0.3) is 0 Å². The van der Waals surface area contributed by atoms with Crippen molar-refractivity contribution in [2.75, 3.05) is 5.32 Å². The Labute approximate surface area is 103 Å². The van der Waals surface area contributed by atoms with Crippen LogP contribution in [0.2, 0.25) is 0 Å². The molecule has 2 rings (SSSR count). The molecular weight excluding hydrogens is 273 g/mol. The second kappa shape index (κ2) is 5.10. The summed E-state index contributed by atoms with van der Waals surface area (Å²) < 4.78 is 14.2. The van der Waals surface area contributed by atoms with Crippen molar-refractivity contribution in [1.29, 1.82) is 0 Å². The largest absolute Gasteiger partial charge is 0.365 e. The molecule has 1 aromatic rings. The van der Waals surface area contributed by atoms with Crippen molar-refractivity contribution < 1.29 is 4.39 Å². The topological polar surface area (TPSA) is 50.9 Å². The number of nitrogens with zero attached hydrogens (tertiary/aromatic N) is 1. The van der Waals surface area contributed by atoms with Gasteiger partial charge in [-0.3, -0.25) is 0 Å². The number of pyridine rings is 1. The highest BCUT2D eigenvalue weighted by Crippen LogP contribution is 2.22. The minimum absolute atomic E-state index is 0.294. The molecule has 88 valence electrons. The highest BCUT2D eigenvalue weighted by molar-refractivity contribution is 9.10. The van der Waals surface area contributed by atoms with Crippen LogP contribution in [-0.4, -0.2) is 17.1 Å². The Morgan fingerprint density at radius 1 is 1.38 bits per heavy atom. The van der Waals surface area contributed by atoms with Gasteiger partial charge in [-0.25, -0.2) is 9.37 Å². The highest BCUT2D eigenvalue weighted by Gasteiger charge is 2.19. The first-order valence-electron chi connectivity index (χ1n) is 5.48. The first-order chi connectivity index (χ1) is 7.65. The minimum Gasteiger partial charge on any atom is -0.365 e. The van der Waals surface area contributed by atoms with Crippen molar-refractivity contribution in [3.8, 4) is 0 Å². The van der Waals surface area contributed by atoms with E-state index in [9.17, 15) is 4.39 Å². The van der Waals surface area contributed by atoms with Crippen LogP contribution in [0.1, 0.15) is 25.7 Å². The van der Waals surface area contributed by atoms with Crippen LogP contribution in [-0.2, 0) is 0 Å². The number of nitrogens with one attached hydrogen (secondary N) is 1. The Hall–Kier alpha value is -0.680. The molecule has 1 aliphatic carbocycles. The average Bonchev–Trinajstić information content (AvgIpc) is 2.25. The van der Waals surface area contributed by atoms with Gasteiger partial charge >= 0.3 is 0 Å². The predicted molar refractivity (Wildman–Crippen MR) is 65.7 cm³/mol. The Balaban J connectivity index is 1.98. The van der Waals surface area contributed by atoms with Gasteiger partial charge in [-0.05, 0) is 47.7 Å². The molecule has 1 heterocycles. The Morgan fingerprint density at radius 2 is 2.06 bits per heavy atom. The Bertz CT molecular complexity index is 364. The van der Waals surface area contributed by atoms with Crippen LogP contribution in [0.4, 0.5) is 10.2 Å². The van der Waals surface area contributed by atoms with Gasteiger partial charge in [0.2, 0.25) is 0 Å². The summed E-state index contributed by atoms with van der Waals surface area (Å²) in [5.74, 6) is 0.0212. The summed E-state index contributed by atoms with van der Waals surface area (Å²) in [6, 6.07) is 2.02. The zero-order valence-electron chi connectivity index (χ0n) is 8.92. The summed E-state index contributed by atoms with van der Waals surface area (Å²) in [7, 11) is 0. The zero-order chi connectivity index (χ0) is 11.5. The summed E-state index contributed by atoms with van der Waals surface area (Å²) in [5.41, 5.74) is 5.82. The average molecular weight is 288 g/mol. The van der Waals surface area contributed by atoms with E-state index in [-0.39, 0.29) is 5.82 Å². The summed E-state index contributed by atoms with van der Waals surface area (Å²) in [6.45, 7) is 0. The van der Waals surface area contributed by atoms with E-state index in [1.165, 1.54) is 6.07 Å². The quantitative estimate of drug-likeness (QED) is 0.879. The van der Waals surface area contributed by atoms with E-state index in [4.69, 9.17) is 5.73 Å². The summed E-state index contributed by atoms with van der Waals surface area (Å²) in [5, 5.41) is 3.13. The number of anilines is 1. The van der Waals surface area contributed by atoms with E-state index < -0.39 is 0 Å². The molecule has 1 aromatic heterocycles. The van der Waals surface area contributed by atoms with Gasteiger partial charge in [-0.15, -0.1) is 0 Å². The molecule has 0 saturated heterocycles. The molecule has 0 atom stereocenters. The maximum Gasteiger partial charge on any atom is 0.166 e. The zero-order valence-corrected chi connectivity index (χ0v) is 10.5. The van der Waals surface area contributed by atoms with Crippen LogP contribution >= 0.6 is 15.9 Å². The normalized spacial score (nSPS) is 25.4. The number of halogens is 2. The summed E-state index contributed by atoms with van der Waals surface area (Å²) in [6.07, 6.45) is 5.56. The molecule has 1 fully saturated rings. The lowest BCUT2D eigenvalue weighted by atomic mass is 9.92. The smallest absolute Gasteiger partial charge is 0.166 e. The summed E-state index contributed by atoms with van der Waals surface area (Å²) >= 11 is 3.18. The fourth-order valence-electron chi connectivity index (χ4n) is 1.98. The molecule has 0 bridgehead atoms. The molecule has 1 saturated carbocycles. The third-order valence-electron chi connectivity index (χ3n) is 2.92. The van der Waals surface area contributed by atoms with E-state index in [0.29, 0.717) is 22.4 Å². The van der Waals surface area contributed by atoms with Crippen LogP contribution in [0.5, 0.6) is 0 Å². The Morgan fingerprint density at radius 3 is 2.69 bits per heavy atom. The van der Waals surface area contributed by atoms with E-state index in [1.54, 1.807) is 6.20 Å². The van der Waals surface area contributed by atoms with Crippen molar-refractivity contribution in [2.45, 2.75) is 37.8 Å². The molecular formula is C11H15BrFN3. The molecule has 0 radical (unpaired) electrons. The third-order valence-corrected chi connectivity index (χ3v) is 3.35. The third kappa shape index (κ3) is 2.92. The second-order valence-electron chi connectivity index (χ2n) is 4.24. The van der Waals surface area contributed by atoms with Crippen molar-refractivity contribution in [2.24, 2.45) is 5.73 Å². The molecule has 0 aliphatic heterocycles. The van der Waals surface area contributed by atoms with E-state index in [1.807, 2.05) is 0 Å². The van der Waals surface area contributed by atoms with Crippen molar-refractivity contribution in [1.82, 2.24) is 4.98 Å². The van der Waals surface area contributed by atoms with Crippen molar-refractivity contribution in [3.05, 3.63) is 22.6 Å². The minimum atomic E-state index is -0.316. The number of rotatable bonds is 2. The number of hydrogen-bond acceptors (Lipinski definition) is 3. The molecule has 16 heavy (non-hydrogen) atoms. The standard InChI is InChI=1S/C11H15BrFN3/c12-7-5-10(13)11(15-6-7)16-9-3-1-8(14)2-4-9/h5-6,8-9H,1-4,14H2,(H,15,16). The SMILES string of the molecule is NC1CCC(Nc2ncc(Br)cc2F)CC1. The lowest BCUT2D eigenvalue weighted by Crippen LogP contribution is -2.33. The van der Waals surface area contributed by atoms with Crippen LogP contribution in [0.3, 0.4) is 0 Å². The van der Waals surface area contributed by atoms with Gasteiger partial charge in [-0.2, -0.15) is 0 Å². The molecule has 0 amide bonds. The predicted octanol–water partition coefficient (Wildman–Crippen LogP) is 2.67. The van der Waals surface area contributed by atoms with Gasteiger partial charge in [0.05, 0.1) is 0 Å². The maximum absolute atomic E-state index is 13.5. The van der Waals surface area contributed by atoms with Gasteiger partial charge in [0, 0.05) is 22.8 Å². The van der Waals surface area contributed by atoms with Crippen LogP contribution in [0.15, 0.2) is 16.7 Å². The van der Waals surface area contributed by atoms with Gasteiger partial charge in [0.15, 0.2) is 11.6 Å². The van der Waals surface area contributed by atoms with E-state index in [0.717, 1.165) is 25.7 Å². The highest BCUT2D eigenvalue weighted by atomic mass is 79.9. The van der Waals surface area contributed by atoms with Crippen LogP contribution < -0.4 is 11.1 Å². The van der Waals surface area contributed by atoms with Gasteiger partial charge < -0.3 is 11.1 Å². The molecule has 0 unspecified atom stereocenters. The fraction of sp³-hybridized carbons (Fsp3) is 0.545. The van der Waals surface area contributed by atoms with Gasteiger partial charge in [-0.1, -0.05) is 0 Å². The van der Waals surface area contributed by atoms with Gasteiger partial charge in [0.1, 0.15) is 0 Å². The lowest BCUT2D eigenvalue weighted by molar-refractivity contribution is 0.409. The monoisotopic (exact) mass is 287 g/mol. The van der Waals surface area contributed by atoms with E-state index >= 15 is 0 Å². The maximum atomic E-state index is 13.5. The molecule has 0 aromatic carbocycles. The molecule has 1 aliphatic rings. The number of nitrogens with two attached hydrogens (primary N) is 1. The second-order valence-corrected chi connectivity index (χ2v) is 5.16. The molecule has 3 nitrogen and oxygen atoms in total. The first kappa shape index (κ1) is 11.8. The van der Waals surface area contributed by atoms with Crippen LogP contribution in [0, 0.1) is 5.82 Å². The number of hydrogen-bond donors (Lipinski definition) is 2. The lowest BCUT2D eigenvalue weighted by Gasteiger charge is -2.27.